The van der Waals surface area contributed by atoms with Crippen LogP contribution in [0.3, 0.4) is 0 Å². The zero-order valence-corrected chi connectivity index (χ0v) is 15.8. The van der Waals surface area contributed by atoms with Crippen molar-refractivity contribution < 1.29 is 19.0 Å². The smallest absolute Gasteiger partial charge is 0.333 e. The van der Waals surface area contributed by atoms with Crippen molar-refractivity contribution >= 4 is 16.2 Å². The summed E-state index contributed by atoms with van der Waals surface area (Å²) in [5, 5.41) is 0. The molecule has 0 unspecified atom stereocenters. The molecule has 20 heavy (non-hydrogen) atoms. The van der Waals surface area contributed by atoms with Gasteiger partial charge in [-0.2, -0.15) is 0 Å². The van der Waals surface area contributed by atoms with Crippen LogP contribution in [0.1, 0.15) is 47.5 Å². The van der Waals surface area contributed by atoms with Crippen molar-refractivity contribution in [2.75, 3.05) is 6.61 Å². The maximum Gasteiger partial charge on any atom is 0.333 e. The zero-order valence-electron chi connectivity index (χ0n) is 13.8. The number of hydrogen-bond donors (Lipinski definition) is 0. The fraction of sp³-hybridized carbons (Fsp3) is 0.800. The fourth-order valence-corrected chi connectivity index (χ4v) is 1.82. The van der Waals surface area contributed by atoms with Crippen LogP contribution in [0.4, 0.5) is 0 Å². The Morgan fingerprint density at radius 1 is 1.15 bits per heavy atom. The Bertz CT molecular complexity index is 290. The van der Waals surface area contributed by atoms with Crippen LogP contribution in [-0.4, -0.2) is 41.3 Å². The molecule has 0 aliphatic heterocycles. The number of esters is 1. The molecular formula is C15H30O4Si. The SMILES string of the molecule is CC(=CCC(OC(C)C)OC(C)C)C(=O)OCCC[SiH3]. The summed E-state index contributed by atoms with van der Waals surface area (Å²) in [5.41, 5.74) is 0.614. The highest BCUT2D eigenvalue weighted by Gasteiger charge is 2.13. The highest BCUT2D eigenvalue weighted by Crippen LogP contribution is 2.11. The van der Waals surface area contributed by atoms with Gasteiger partial charge in [0.05, 0.1) is 18.8 Å². The van der Waals surface area contributed by atoms with Gasteiger partial charge in [-0.05, 0) is 41.0 Å². The van der Waals surface area contributed by atoms with E-state index >= 15 is 0 Å². The predicted octanol–water partition coefficient (Wildman–Crippen LogP) is 2.22. The van der Waals surface area contributed by atoms with Crippen molar-refractivity contribution in [1.29, 1.82) is 0 Å². The third-order valence-electron chi connectivity index (χ3n) is 2.52. The molecule has 0 amide bonds. The molecule has 0 rings (SSSR count). The summed E-state index contributed by atoms with van der Waals surface area (Å²) in [6.45, 7) is 10.2. The predicted molar refractivity (Wildman–Crippen MR) is 84.9 cm³/mol. The van der Waals surface area contributed by atoms with E-state index < -0.39 is 0 Å². The summed E-state index contributed by atoms with van der Waals surface area (Å²) in [5.74, 6) is -0.243. The van der Waals surface area contributed by atoms with Gasteiger partial charge >= 0.3 is 5.97 Å². The van der Waals surface area contributed by atoms with E-state index in [-0.39, 0.29) is 24.5 Å². The monoisotopic (exact) mass is 302 g/mol. The molecule has 0 aromatic carbocycles. The largest absolute Gasteiger partial charge is 0.462 e. The van der Waals surface area contributed by atoms with E-state index in [2.05, 4.69) is 0 Å². The van der Waals surface area contributed by atoms with Crippen molar-refractivity contribution in [3.05, 3.63) is 11.6 Å². The summed E-state index contributed by atoms with van der Waals surface area (Å²) in [7, 11) is 1.15. The molecule has 0 fully saturated rings. The molecular weight excluding hydrogens is 272 g/mol. The lowest BCUT2D eigenvalue weighted by Gasteiger charge is -2.22. The molecule has 0 saturated carbocycles. The van der Waals surface area contributed by atoms with Crippen LogP contribution in [0, 0.1) is 0 Å². The topological polar surface area (TPSA) is 44.8 Å². The van der Waals surface area contributed by atoms with Crippen LogP contribution in [0.25, 0.3) is 0 Å². The quantitative estimate of drug-likeness (QED) is 0.204. The number of hydrogen-bond acceptors (Lipinski definition) is 4. The van der Waals surface area contributed by atoms with Crippen molar-refractivity contribution in [1.82, 2.24) is 0 Å². The minimum absolute atomic E-state index is 0.0909. The van der Waals surface area contributed by atoms with Gasteiger partial charge in [0.2, 0.25) is 0 Å². The van der Waals surface area contributed by atoms with E-state index in [1.165, 1.54) is 0 Å². The van der Waals surface area contributed by atoms with E-state index in [0.29, 0.717) is 18.6 Å². The fourth-order valence-electron chi connectivity index (χ4n) is 1.53. The van der Waals surface area contributed by atoms with Gasteiger partial charge < -0.3 is 14.2 Å². The molecule has 0 bridgehead atoms. The Hall–Kier alpha value is -0.653. The molecule has 5 heteroatoms. The Morgan fingerprint density at radius 3 is 2.15 bits per heavy atom. The summed E-state index contributed by atoms with van der Waals surface area (Å²) < 4.78 is 16.5. The Kier molecular flexibility index (Phi) is 10.7. The lowest BCUT2D eigenvalue weighted by atomic mass is 10.2. The third-order valence-corrected chi connectivity index (χ3v) is 3.22. The number of carbonyl (C=O) groups excluding carboxylic acids is 1. The molecule has 0 heterocycles. The summed E-state index contributed by atoms with van der Waals surface area (Å²) >= 11 is 0. The molecule has 0 radical (unpaired) electrons. The van der Waals surface area contributed by atoms with Gasteiger partial charge in [-0.15, -0.1) is 0 Å². The van der Waals surface area contributed by atoms with Gasteiger partial charge in [-0.25, -0.2) is 4.79 Å². The van der Waals surface area contributed by atoms with E-state index in [0.717, 1.165) is 22.7 Å². The summed E-state index contributed by atoms with van der Waals surface area (Å²) in [6.07, 6.45) is 3.21. The van der Waals surface area contributed by atoms with E-state index in [9.17, 15) is 4.79 Å². The molecule has 118 valence electrons. The first-order valence-electron chi connectivity index (χ1n) is 7.51. The molecule has 0 aliphatic carbocycles. The van der Waals surface area contributed by atoms with Crippen LogP contribution in [-0.2, 0) is 19.0 Å². The van der Waals surface area contributed by atoms with Crippen LogP contribution in [0.5, 0.6) is 0 Å². The van der Waals surface area contributed by atoms with Gasteiger partial charge in [0.25, 0.3) is 0 Å². The molecule has 0 aliphatic rings. The van der Waals surface area contributed by atoms with Gasteiger partial charge in [-0.3, -0.25) is 0 Å². The van der Waals surface area contributed by atoms with Gasteiger partial charge in [-0.1, -0.05) is 12.1 Å². The molecule has 0 N–H and O–H groups in total. The number of rotatable bonds is 10. The average Bonchev–Trinajstić information content (AvgIpc) is 2.34. The van der Waals surface area contributed by atoms with Gasteiger partial charge in [0, 0.05) is 22.2 Å². The van der Waals surface area contributed by atoms with E-state index in [1.807, 2.05) is 33.8 Å². The number of ether oxygens (including phenoxy) is 3. The lowest BCUT2D eigenvalue weighted by molar-refractivity contribution is -0.178. The van der Waals surface area contributed by atoms with Crippen molar-refractivity contribution in [2.24, 2.45) is 0 Å². The lowest BCUT2D eigenvalue weighted by Crippen LogP contribution is -2.24. The van der Waals surface area contributed by atoms with Crippen LogP contribution in [0.2, 0.25) is 6.04 Å². The highest BCUT2D eigenvalue weighted by atomic mass is 28.1. The Morgan fingerprint density at radius 2 is 1.70 bits per heavy atom. The zero-order chi connectivity index (χ0) is 15.5. The molecule has 0 saturated heterocycles. The highest BCUT2D eigenvalue weighted by molar-refractivity contribution is 6.08. The standard InChI is InChI=1S/C15H30O4Si/c1-11(2)18-14(19-12(3)4)8-7-13(5)15(16)17-9-6-10-20/h7,11-12,14H,6,8-10H2,1-5,20H3. The second-order valence-electron chi connectivity index (χ2n) is 5.41. The normalized spacial score (nSPS) is 12.7. The first kappa shape index (κ1) is 19.3. The Balaban J connectivity index is 4.32. The second-order valence-corrected chi connectivity index (χ2v) is 6.41. The van der Waals surface area contributed by atoms with Crippen LogP contribution in [0.15, 0.2) is 11.6 Å². The minimum Gasteiger partial charge on any atom is -0.462 e. The Labute approximate surface area is 126 Å². The van der Waals surface area contributed by atoms with Crippen molar-refractivity contribution in [3.8, 4) is 0 Å². The summed E-state index contributed by atoms with van der Waals surface area (Å²) in [4.78, 5) is 11.7. The van der Waals surface area contributed by atoms with Gasteiger partial charge in [0.1, 0.15) is 0 Å². The van der Waals surface area contributed by atoms with E-state index in [4.69, 9.17) is 14.2 Å². The first-order chi connectivity index (χ1) is 9.36. The van der Waals surface area contributed by atoms with Crippen LogP contribution >= 0.6 is 0 Å². The molecule has 0 spiro atoms. The summed E-state index contributed by atoms with van der Waals surface area (Å²) in [6, 6.07) is 1.16. The maximum atomic E-state index is 11.7. The molecule has 0 aromatic rings. The minimum atomic E-state index is -0.320. The molecule has 0 atom stereocenters. The van der Waals surface area contributed by atoms with Crippen LogP contribution < -0.4 is 0 Å². The first-order valence-corrected chi connectivity index (χ1v) is 8.93. The van der Waals surface area contributed by atoms with Crippen molar-refractivity contribution in [2.45, 2.75) is 72.0 Å². The average molecular weight is 302 g/mol. The number of carbonyl (C=O) groups is 1. The van der Waals surface area contributed by atoms with Crippen molar-refractivity contribution in [3.63, 3.8) is 0 Å². The second kappa shape index (κ2) is 11.1. The van der Waals surface area contributed by atoms with E-state index in [1.54, 1.807) is 6.92 Å². The van der Waals surface area contributed by atoms with Gasteiger partial charge in [0.15, 0.2) is 6.29 Å². The third kappa shape index (κ3) is 10.2. The molecule has 4 nitrogen and oxygen atoms in total. The molecule has 0 aromatic heterocycles. The maximum absolute atomic E-state index is 11.7.